The zero-order chi connectivity index (χ0) is 21.6. The highest BCUT2D eigenvalue weighted by Gasteiger charge is 3.09. The van der Waals surface area contributed by atoms with Gasteiger partial charge in [-0.05, 0) is 0 Å². The van der Waals surface area contributed by atoms with Crippen molar-refractivity contribution in [1.82, 2.24) is 5.34 Å². The van der Waals surface area contributed by atoms with Gasteiger partial charge in [0.2, 0.25) is 0 Å². The Hall–Kier alpha value is -1.23. The van der Waals surface area contributed by atoms with Gasteiger partial charge in [-0.2, -0.15) is 61.5 Å². The fourth-order valence-electron chi connectivity index (χ4n) is 2.30. The first kappa shape index (κ1) is 22.8. The molecule has 26 heavy (non-hydrogen) atoms. The van der Waals surface area contributed by atoms with Crippen LogP contribution in [-0.4, -0.2) is 52.6 Å². The van der Waals surface area contributed by atoms with Gasteiger partial charge in [0.05, 0.1) is 0 Å². The van der Waals surface area contributed by atoms with E-state index in [0.717, 1.165) is 0 Å². The summed E-state index contributed by atoms with van der Waals surface area (Å²) in [7, 11) is 0. The van der Waals surface area contributed by atoms with Crippen molar-refractivity contribution in [1.29, 1.82) is 0 Å². The molecule has 0 amide bonds. The Morgan fingerprint density at radius 1 is 0.462 bits per heavy atom. The van der Waals surface area contributed by atoms with E-state index < -0.39 is 52.6 Å². The lowest BCUT2D eigenvalue weighted by Crippen LogP contribution is -2.93. The molecule has 2 atom stereocenters. The SMILES string of the molecule is FN(F)C1(C(F)(F)F)C(F)(F)C(F)(F)C(F)(F)C(F)(C(F)(F)F)C1(F)F. The molecule has 0 radical (unpaired) electrons. The molecule has 0 aromatic heterocycles. The van der Waals surface area contributed by atoms with E-state index in [4.69, 9.17) is 0 Å². The maximum absolute atomic E-state index is 13.6. The van der Waals surface area contributed by atoms with Gasteiger partial charge in [0, 0.05) is 5.34 Å². The standard InChI is InChI=1S/C8F17N/c9-1(7(18,19)20)3(10,11)2(26(24)25,8(21,22)23)5(14,15)6(16,17)4(1,12)13. The first-order valence-corrected chi connectivity index (χ1v) is 5.40. The zero-order valence-corrected chi connectivity index (χ0v) is 10.9. The summed E-state index contributed by atoms with van der Waals surface area (Å²) >= 11 is 0. The third-order valence-corrected chi connectivity index (χ3v) is 3.62. The molecule has 1 fully saturated rings. The summed E-state index contributed by atoms with van der Waals surface area (Å²) in [6.45, 7) is 0. The molecular formula is C8F17N. The van der Waals surface area contributed by atoms with Gasteiger partial charge in [-0.1, -0.05) is 0 Å². The van der Waals surface area contributed by atoms with Crippen LogP contribution in [0.15, 0.2) is 0 Å². The molecule has 18 heteroatoms. The van der Waals surface area contributed by atoms with Crippen molar-refractivity contribution < 1.29 is 74.8 Å². The zero-order valence-electron chi connectivity index (χ0n) is 10.9. The van der Waals surface area contributed by atoms with Crippen molar-refractivity contribution in [3.05, 3.63) is 0 Å². The summed E-state index contributed by atoms with van der Waals surface area (Å²) in [6.07, 6.45) is -16.3. The molecule has 1 aliphatic rings. The third kappa shape index (κ3) is 1.83. The van der Waals surface area contributed by atoms with Crippen LogP contribution in [0.3, 0.4) is 0 Å². The van der Waals surface area contributed by atoms with E-state index in [2.05, 4.69) is 0 Å². The Labute approximate surface area is 129 Å². The van der Waals surface area contributed by atoms with Crippen LogP contribution in [0.1, 0.15) is 0 Å². The molecule has 2 unspecified atom stereocenters. The summed E-state index contributed by atoms with van der Waals surface area (Å²) in [4.78, 5) is 0. The molecule has 156 valence electrons. The summed E-state index contributed by atoms with van der Waals surface area (Å²) in [5.74, 6) is -33.5. The van der Waals surface area contributed by atoms with Crippen LogP contribution in [0.25, 0.3) is 0 Å². The van der Waals surface area contributed by atoms with Crippen LogP contribution in [0.4, 0.5) is 74.8 Å². The lowest BCUT2D eigenvalue weighted by Gasteiger charge is -2.57. The second-order valence-corrected chi connectivity index (χ2v) is 4.89. The number of hydrogen-bond donors (Lipinski definition) is 0. The Morgan fingerprint density at radius 3 is 1.04 bits per heavy atom. The molecule has 1 saturated carbocycles. The lowest BCUT2D eigenvalue weighted by molar-refractivity contribution is -0.547. The number of nitrogens with zero attached hydrogens (tertiary/aromatic N) is 1. The number of halogens is 17. The molecule has 0 saturated heterocycles. The molecule has 0 aromatic carbocycles. The highest BCUT2D eigenvalue weighted by molar-refractivity contribution is 5.34. The van der Waals surface area contributed by atoms with Crippen LogP contribution in [-0.2, 0) is 0 Å². The molecule has 1 rings (SSSR count). The van der Waals surface area contributed by atoms with Gasteiger partial charge in [0.1, 0.15) is 0 Å². The van der Waals surface area contributed by atoms with Crippen molar-refractivity contribution in [3.63, 3.8) is 0 Å². The van der Waals surface area contributed by atoms with Gasteiger partial charge < -0.3 is 0 Å². The van der Waals surface area contributed by atoms with Crippen molar-refractivity contribution >= 4 is 0 Å². The molecule has 1 aliphatic carbocycles. The quantitative estimate of drug-likeness (QED) is 0.407. The largest absolute Gasteiger partial charge is 0.435 e. The molecule has 0 spiro atoms. The van der Waals surface area contributed by atoms with E-state index in [1.54, 1.807) is 0 Å². The van der Waals surface area contributed by atoms with Gasteiger partial charge in [0.15, 0.2) is 0 Å². The fourth-order valence-corrected chi connectivity index (χ4v) is 2.30. The second kappa shape index (κ2) is 4.98. The van der Waals surface area contributed by atoms with Crippen molar-refractivity contribution in [2.75, 3.05) is 0 Å². The topological polar surface area (TPSA) is 3.24 Å². The molecule has 0 N–H and O–H groups in total. The van der Waals surface area contributed by atoms with E-state index in [1.807, 2.05) is 0 Å². The average molecular weight is 433 g/mol. The van der Waals surface area contributed by atoms with Crippen LogP contribution in [0, 0.1) is 0 Å². The predicted octanol–water partition coefficient (Wildman–Crippen LogP) is 5.18. The van der Waals surface area contributed by atoms with E-state index in [0.29, 0.717) is 0 Å². The predicted molar refractivity (Wildman–Crippen MR) is 42.5 cm³/mol. The lowest BCUT2D eigenvalue weighted by atomic mass is 9.63. The highest BCUT2D eigenvalue weighted by atomic mass is 19.4. The minimum absolute atomic E-state index is 4.59. The number of hydrogen-bond acceptors (Lipinski definition) is 1. The molecule has 0 aromatic rings. The molecule has 0 bridgehead atoms. The van der Waals surface area contributed by atoms with E-state index >= 15 is 0 Å². The summed E-state index contributed by atoms with van der Waals surface area (Å²) in [5, 5.41) is -4.59. The fraction of sp³-hybridized carbons (Fsp3) is 1.00. The van der Waals surface area contributed by atoms with Crippen LogP contribution < -0.4 is 0 Å². The number of rotatable bonds is 1. The van der Waals surface area contributed by atoms with E-state index in [9.17, 15) is 74.8 Å². The van der Waals surface area contributed by atoms with Gasteiger partial charge in [-0.15, -0.1) is 8.96 Å². The second-order valence-electron chi connectivity index (χ2n) is 4.89. The van der Waals surface area contributed by atoms with Crippen LogP contribution in [0.5, 0.6) is 0 Å². The maximum atomic E-state index is 13.6. The minimum atomic E-state index is -8.56. The number of alkyl halides is 15. The monoisotopic (exact) mass is 433 g/mol. The Bertz CT molecular complexity index is 570. The van der Waals surface area contributed by atoms with Crippen LogP contribution in [0.2, 0.25) is 0 Å². The molecule has 1 nitrogen and oxygen atoms in total. The molecule has 0 heterocycles. The maximum Gasteiger partial charge on any atom is 0.435 e. The van der Waals surface area contributed by atoms with Gasteiger partial charge in [-0.3, -0.25) is 0 Å². The Balaban J connectivity index is 4.32. The molecule has 0 aliphatic heterocycles. The first-order chi connectivity index (χ1) is 10.9. The van der Waals surface area contributed by atoms with E-state index in [-0.39, 0.29) is 0 Å². The molecular weight excluding hydrogens is 433 g/mol. The van der Waals surface area contributed by atoms with Gasteiger partial charge >= 0.3 is 47.3 Å². The first-order valence-electron chi connectivity index (χ1n) is 5.40. The Kier molecular flexibility index (Phi) is 4.36. The van der Waals surface area contributed by atoms with Crippen molar-refractivity contribution in [3.8, 4) is 0 Å². The average Bonchev–Trinajstić information content (AvgIpc) is 2.31. The van der Waals surface area contributed by atoms with Crippen molar-refractivity contribution in [2.24, 2.45) is 0 Å². The van der Waals surface area contributed by atoms with Crippen molar-refractivity contribution in [2.45, 2.75) is 47.3 Å². The third-order valence-electron chi connectivity index (χ3n) is 3.62. The van der Waals surface area contributed by atoms with Gasteiger partial charge in [-0.25, -0.2) is 4.39 Å². The summed E-state index contributed by atoms with van der Waals surface area (Å²) in [5.41, 5.74) is -16.8. The smallest absolute Gasteiger partial charge is 0.220 e. The minimum Gasteiger partial charge on any atom is -0.220 e. The Morgan fingerprint density at radius 2 is 0.808 bits per heavy atom. The van der Waals surface area contributed by atoms with Gasteiger partial charge in [0.25, 0.3) is 0 Å². The summed E-state index contributed by atoms with van der Waals surface area (Å²) in [6, 6.07) is 0. The van der Waals surface area contributed by atoms with E-state index in [1.165, 1.54) is 0 Å². The summed E-state index contributed by atoms with van der Waals surface area (Å²) < 4.78 is 219. The van der Waals surface area contributed by atoms with Crippen LogP contribution >= 0.6 is 0 Å². The highest BCUT2D eigenvalue weighted by Crippen LogP contribution is 2.75. The normalized spacial score (nSPS) is 36.2.